The highest BCUT2D eigenvalue weighted by atomic mass is 19.4. The molecule has 1 atom stereocenters. The number of nitrogens with one attached hydrogen (secondary N) is 1. The van der Waals surface area contributed by atoms with Crippen LogP contribution < -0.4 is 5.46 Å². The Morgan fingerprint density at radius 2 is 2.03 bits per heavy atom. The van der Waals surface area contributed by atoms with Gasteiger partial charge in [0.15, 0.2) is 0 Å². The summed E-state index contributed by atoms with van der Waals surface area (Å²) in [5, 5.41) is 14.0. The summed E-state index contributed by atoms with van der Waals surface area (Å²) >= 11 is 0. The molecule has 32 heavy (non-hydrogen) atoms. The van der Waals surface area contributed by atoms with Crippen LogP contribution in [-0.4, -0.2) is 34.0 Å². The molecular weight excluding hydrogens is 422 g/mol. The van der Waals surface area contributed by atoms with Gasteiger partial charge in [-0.2, -0.15) is 18.2 Å². The van der Waals surface area contributed by atoms with Gasteiger partial charge in [-0.1, -0.05) is 22.8 Å². The summed E-state index contributed by atoms with van der Waals surface area (Å²) in [6, 6.07) is 8.60. The molecule has 1 aliphatic carbocycles. The lowest BCUT2D eigenvalue weighted by Gasteiger charge is -2.08. The molecule has 2 aromatic carbocycles. The van der Waals surface area contributed by atoms with Crippen LogP contribution in [0.3, 0.4) is 0 Å². The second-order valence-corrected chi connectivity index (χ2v) is 7.88. The van der Waals surface area contributed by atoms with Crippen LogP contribution >= 0.6 is 0 Å². The maximum absolute atomic E-state index is 13.1. The molecule has 2 heterocycles. The lowest BCUT2D eigenvalue weighted by atomic mass is 9.92. The molecule has 0 fully saturated rings. The molecule has 0 bridgehead atoms. The molecule has 1 unspecified atom stereocenters. The van der Waals surface area contributed by atoms with Gasteiger partial charge in [0, 0.05) is 33.6 Å². The van der Waals surface area contributed by atoms with E-state index in [1.165, 1.54) is 6.07 Å². The van der Waals surface area contributed by atoms with E-state index in [4.69, 9.17) is 17.5 Å². The normalized spacial score (nSPS) is 15.9. The molecule has 0 spiro atoms. The second-order valence-electron chi connectivity index (χ2n) is 7.88. The summed E-state index contributed by atoms with van der Waals surface area (Å²) in [5.41, 5.74) is 2.65. The van der Waals surface area contributed by atoms with Crippen molar-refractivity contribution in [3.8, 4) is 22.8 Å². The van der Waals surface area contributed by atoms with Crippen molar-refractivity contribution in [3.05, 3.63) is 53.2 Å². The molecular formula is C22H15BF3N3O3. The molecule has 0 saturated heterocycles. The van der Waals surface area contributed by atoms with Gasteiger partial charge in [0.2, 0.25) is 5.82 Å². The van der Waals surface area contributed by atoms with Crippen LogP contribution in [0.5, 0.6) is 0 Å². The summed E-state index contributed by atoms with van der Waals surface area (Å²) in [4.78, 5) is 18.7. The van der Waals surface area contributed by atoms with Crippen molar-refractivity contribution in [1.29, 1.82) is 0 Å². The maximum Gasteiger partial charge on any atom is 0.416 e. The number of aryl methyl sites for hydroxylation is 1. The third kappa shape index (κ3) is 3.55. The Morgan fingerprint density at radius 3 is 2.78 bits per heavy atom. The Bertz CT molecular complexity index is 1360. The van der Waals surface area contributed by atoms with Crippen molar-refractivity contribution in [2.24, 2.45) is 0 Å². The fourth-order valence-corrected chi connectivity index (χ4v) is 4.30. The first-order valence-corrected chi connectivity index (χ1v) is 9.87. The molecule has 2 radical (unpaired) electrons. The number of fused-ring (bicyclic) bond motifs is 3. The average molecular weight is 437 g/mol. The van der Waals surface area contributed by atoms with Gasteiger partial charge in [-0.3, -0.25) is 4.79 Å². The lowest BCUT2D eigenvalue weighted by Crippen LogP contribution is -2.11. The number of carboxylic acids is 1. The van der Waals surface area contributed by atoms with Gasteiger partial charge < -0.3 is 14.6 Å². The number of nitrogens with zero attached hydrogens (tertiary/aromatic N) is 2. The Balaban J connectivity index is 1.50. The number of aromatic nitrogens is 3. The maximum atomic E-state index is 13.1. The average Bonchev–Trinajstić information content (AvgIpc) is 3.42. The smallest absolute Gasteiger partial charge is 0.416 e. The molecule has 0 amide bonds. The number of aliphatic carboxylic acids is 1. The van der Waals surface area contributed by atoms with Crippen LogP contribution in [0.2, 0.25) is 0 Å². The van der Waals surface area contributed by atoms with E-state index in [0.29, 0.717) is 5.56 Å². The minimum atomic E-state index is -4.55. The van der Waals surface area contributed by atoms with Crippen molar-refractivity contribution >= 4 is 30.2 Å². The zero-order valence-electron chi connectivity index (χ0n) is 16.5. The van der Waals surface area contributed by atoms with Gasteiger partial charge in [-0.15, -0.1) is 0 Å². The number of halogens is 3. The fraction of sp³-hybridized carbons (Fsp3) is 0.227. The zero-order chi connectivity index (χ0) is 22.6. The molecule has 5 rings (SSSR count). The van der Waals surface area contributed by atoms with Crippen LogP contribution in [-0.2, 0) is 17.4 Å². The van der Waals surface area contributed by atoms with E-state index in [1.54, 1.807) is 6.07 Å². The highest BCUT2D eigenvalue weighted by Gasteiger charge is 2.32. The standard InChI is InChI=1S/C22H15BF3N3O3/c23-14-6-12(5-13(9-14)22(24,25)26)21-28-20(29-32-21)11-2-4-17-16(7-11)15-3-1-10(8-18(30)31)19(15)27-17/h2,4-7,9-10,27H,1,3,8H2,(H,30,31). The largest absolute Gasteiger partial charge is 0.481 e. The third-order valence-electron chi connectivity index (χ3n) is 5.73. The SMILES string of the molecule is [B]c1cc(-c2nc(-c3ccc4[nH]c5c(c4c3)CCC5CC(=O)O)no2)cc(C(F)(F)F)c1. The van der Waals surface area contributed by atoms with Crippen LogP contribution in [0.4, 0.5) is 13.2 Å². The number of carbonyl (C=O) groups is 1. The van der Waals surface area contributed by atoms with Gasteiger partial charge in [-0.05, 0) is 42.7 Å². The number of rotatable bonds is 4. The van der Waals surface area contributed by atoms with Crippen molar-refractivity contribution in [2.45, 2.75) is 31.4 Å². The molecule has 1 aliphatic rings. The fourth-order valence-electron chi connectivity index (χ4n) is 4.30. The predicted octanol–water partition coefficient (Wildman–Crippen LogP) is 4.20. The monoisotopic (exact) mass is 437 g/mol. The molecule has 0 saturated carbocycles. The van der Waals surface area contributed by atoms with E-state index in [2.05, 4.69) is 15.1 Å². The number of H-pyrrole nitrogens is 1. The first-order valence-electron chi connectivity index (χ1n) is 9.87. The van der Waals surface area contributed by atoms with Crippen LogP contribution in [0.1, 0.15) is 35.6 Å². The van der Waals surface area contributed by atoms with E-state index in [0.717, 1.165) is 47.1 Å². The summed E-state index contributed by atoms with van der Waals surface area (Å²) < 4.78 is 44.5. The summed E-state index contributed by atoms with van der Waals surface area (Å²) in [6.07, 6.45) is -2.96. The van der Waals surface area contributed by atoms with Crippen LogP contribution in [0, 0.1) is 0 Å². The summed E-state index contributed by atoms with van der Waals surface area (Å²) in [7, 11) is 5.63. The summed E-state index contributed by atoms with van der Waals surface area (Å²) in [5.74, 6) is -0.732. The Morgan fingerprint density at radius 1 is 1.22 bits per heavy atom. The van der Waals surface area contributed by atoms with E-state index in [-0.39, 0.29) is 35.1 Å². The molecule has 160 valence electrons. The molecule has 10 heteroatoms. The minimum Gasteiger partial charge on any atom is -0.481 e. The van der Waals surface area contributed by atoms with Gasteiger partial charge in [0.1, 0.15) is 7.85 Å². The first kappa shape index (κ1) is 20.4. The molecule has 0 aliphatic heterocycles. The van der Waals surface area contributed by atoms with Gasteiger partial charge in [-0.25, -0.2) is 0 Å². The summed E-state index contributed by atoms with van der Waals surface area (Å²) in [6.45, 7) is 0. The Kier molecular flexibility index (Phi) is 4.61. The van der Waals surface area contributed by atoms with Gasteiger partial charge >= 0.3 is 12.1 Å². The zero-order valence-corrected chi connectivity index (χ0v) is 16.5. The number of carboxylic acid groups (broad SMARTS) is 1. The Hall–Kier alpha value is -3.56. The molecule has 2 aromatic heterocycles. The highest BCUT2D eigenvalue weighted by Crippen LogP contribution is 2.40. The van der Waals surface area contributed by atoms with Crippen molar-refractivity contribution in [3.63, 3.8) is 0 Å². The van der Waals surface area contributed by atoms with E-state index < -0.39 is 17.7 Å². The topological polar surface area (TPSA) is 92.0 Å². The van der Waals surface area contributed by atoms with Gasteiger partial charge in [0.25, 0.3) is 5.89 Å². The number of hydrogen-bond donors (Lipinski definition) is 2. The Labute approximate surface area is 180 Å². The van der Waals surface area contributed by atoms with E-state index in [1.807, 2.05) is 12.1 Å². The first-order chi connectivity index (χ1) is 15.2. The molecule has 2 N–H and O–H groups in total. The minimum absolute atomic E-state index is 0.0542. The quantitative estimate of drug-likeness (QED) is 0.467. The number of alkyl halides is 3. The van der Waals surface area contributed by atoms with Crippen LogP contribution in [0.25, 0.3) is 33.7 Å². The third-order valence-corrected chi connectivity index (χ3v) is 5.73. The predicted molar refractivity (Wildman–Crippen MR) is 111 cm³/mol. The van der Waals surface area contributed by atoms with Crippen molar-refractivity contribution in [1.82, 2.24) is 15.1 Å². The molecule has 4 aromatic rings. The van der Waals surface area contributed by atoms with Crippen molar-refractivity contribution < 1.29 is 27.6 Å². The van der Waals surface area contributed by atoms with E-state index in [9.17, 15) is 18.0 Å². The molecule has 6 nitrogen and oxygen atoms in total. The lowest BCUT2D eigenvalue weighted by molar-refractivity contribution is -0.138. The number of benzene rings is 2. The number of aromatic amines is 1. The van der Waals surface area contributed by atoms with E-state index >= 15 is 0 Å². The van der Waals surface area contributed by atoms with Gasteiger partial charge in [0.05, 0.1) is 12.0 Å². The number of hydrogen-bond acceptors (Lipinski definition) is 4. The second kappa shape index (κ2) is 7.25. The highest BCUT2D eigenvalue weighted by molar-refractivity contribution is 6.32. The van der Waals surface area contributed by atoms with Crippen molar-refractivity contribution in [2.75, 3.05) is 0 Å². The van der Waals surface area contributed by atoms with Crippen LogP contribution in [0.15, 0.2) is 40.9 Å².